The first kappa shape index (κ1) is 28.8. The molecule has 2 heterocycles. The van der Waals surface area contributed by atoms with Crippen molar-refractivity contribution < 1.29 is 4.57 Å². The molecule has 0 saturated carbocycles. The van der Waals surface area contributed by atoms with Crippen LogP contribution in [0.15, 0.2) is 152 Å². The van der Waals surface area contributed by atoms with Gasteiger partial charge in [-0.3, -0.25) is 4.57 Å². The molecule has 0 spiro atoms. The molecule has 0 aliphatic rings. The van der Waals surface area contributed by atoms with E-state index in [1.807, 2.05) is 141 Å². The maximum absolute atomic E-state index is 15.7. The van der Waals surface area contributed by atoms with Gasteiger partial charge in [0.05, 0.1) is 11.0 Å². The molecule has 5 nitrogen and oxygen atoms in total. The standard InChI is InChI=1S/C41H31N4OP/c1-28-15-9-13-23-37(28)47(46,38-24-14-10-16-29(38)2)32-25-26-36-34(27-32)33-21-11-12-22-35(33)45(36)41-43-39(30-17-5-3-6-18-30)42-40(44-41)31-19-7-4-8-20-31/h3-27H,1-2H3. The predicted octanol–water partition coefficient (Wildman–Crippen LogP) is 8.56. The second kappa shape index (κ2) is 11.6. The van der Waals surface area contributed by atoms with Crippen molar-refractivity contribution in [1.82, 2.24) is 19.5 Å². The molecule has 0 aliphatic heterocycles. The van der Waals surface area contributed by atoms with E-state index in [1.165, 1.54) is 0 Å². The molecule has 0 saturated heterocycles. The highest BCUT2D eigenvalue weighted by molar-refractivity contribution is 7.85. The SMILES string of the molecule is Cc1ccccc1P(=O)(c1ccc2c(c1)c1ccccc1n2-c1nc(-c2ccccc2)nc(-c2ccccc2)n1)c1ccccc1C. The number of rotatable bonds is 6. The molecule has 8 rings (SSSR count). The lowest BCUT2D eigenvalue weighted by Crippen LogP contribution is -2.28. The topological polar surface area (TPSA) is 60.7 Å². The lowest BCUT2D eigenvalue weighted by molar-refractivity contribution is 0.592. The number of aromatic nitrogens is 4. The van der Waals surface area contributed by atoms with Crippen molar-refractivity contribution in [3.63, 3.8) is 0 Å². The first-order valence-electron chi connectivity index (χ1n) is 15.7. The molecule has 8 aromatic rings. The zero-order chi connectivity index (χ0) is 32.0. The number of benzene rings is 6. The average Bonchev–Trinajstić information content (AvgIpc) is 3.46. The van der Waals surface area contributed by atoms with Gasteiger partial charge in [0.2, 0.25) is 5.95 Å². The molecule has 2 aromatic heterocycles. The smallest absolute Gasteiger partial charge is 0.238 e. The van der Waals surface area contributed by atoms with Crippen LogP contribution >= 0.6 is 7.14 Å². The molecule has 0 bridgehead atoms. The fourth-order valence-electron chi connectivity index (χ4n) is 6.51. The van der Waals surface area contributed by atoms with Crippen LogP contribution in [-0.4, -0.2) is 19.5 Å². The molecular weight excluding hydrogens is 595 g/mol. The van der Waals surface area contributed by atoms with Crippen molar-refractivity contribution in [3.8, 4) is 28.7 Å². The van der Waals surface area contributed by atoms with Crippen molar-refractivity contribution in [2.24, 2.45) is 0 Å². The summed E-state index contributed by atoms with van der Waals surface area (Å²) in [4.78, 5) is 15.0. The zero-order valence-electron chi connectivity index (χ0n) is 26.1. The summed E-state index contributed by atoms with van der Waals surface area (Å²) in [6.45, 7) is 4.08. The van der Waals surface area contributed by atoms with E-state index in [-0.39, 0.29) is 0 Å². The Morgan fingerprint density at radius 3 is 1.55 bits per heavy atom. The van der Waals surface area contributed by atoms with Gasteiger partial charge in [-0.15, -0.1) is 0 Å². The molecule has 6 heteroatoms. The van der Waals surface area contributed by atoms with E-state index < -0.39 is 7.14 Å². The maximum atomic E-state index is 15.7. The van der Waals surface area contributed by atoms with Crippen LogP contribution in [-0.2, 0) is 4.57 Å². The van der Waals surface area contributed by atoms with Gasteiger partial charge in [0, 0.05) is 37.8 Å². The molecule has 0 radical (unpaired) electrons. The largest absolute Gasteiger partial charge is 0.309 e. The minimum absolute atomic E-state index is 0.526. The highest BCUT2D eigenvalue weighted by atomic mass is 31.2. The minimum atomic E-state index is -3.24. The van der Waals surface area contributed by atoms with Crippen molar-refractivity contribution in [3.05, 3.63) is 163 Å². The third-order valence-corrected chi connectivity index (χ3v) is 12.2. The summed E-state index contributed by atoms with van der Waals surface area (Å²) in [6, 6.07) is 50.5. The van der Waals surface area contributed by atoms with Gasteiger partial charge in [0.25, 0.3) is 0 Å². The number of hydrogen-bond acceptors (Lipinski definition) is 4. The fraction of sp³-hybridized carbons (Fsp3) is 0.0488. The van der Waals surface area contributed by atoms with Crippen LogP contribution in [0.4, 0.5) is 0 Å². The summed E-state index contributed by atoms with van der Waals surface area (Å²) < 4.78 is 17.8. The normalized spacial score (nSPS) is 11.7. The van der Waals surface area contributed by atoms with Gasteiger partial charge in [-0.05, 0) is 49.2 Å². The van der Waals surface area contributed by atoms with Gasteiger partial charge in [-0.2, -0.15) is 9.97 Å². The van der Waals surface area contributed by atoms with E-state index in [2.05, 4.69) is 28.8 Å². The lowest BCUT2D eigenvalue weighted by atomic mass is 10.1. The molecular formula is C41H31N4OP. The number of nitrogens with zero attached hydrogens (tertiary/aromatic N) is 4. The molecule has 47 heavy (non-hydrogen) atoms. The number of hydrogen-bond donors (Lipinski definition) is 0. The molecule has 0 fully saturated rings. The van der Waals surface area contributed by atoms with E-state index in [9.17, 15) is 0 Å². The Balaban J connectivity index is 1.41. The van der Waals surface area contributed by atoms with Crippen LogP contribution in [0.3, 0.4) is 0 Å². The van der Waals surface area contributed by atoms with Gasteiger partial charge in [0.1, 0.15) is 0 Å². The highest BCUT2D eigenvalue weighted by Gasteiger charge is 2.33. The molecule has 6 aromatic carbocycles. The second-order valence-electron chi connectivity index (χ2n) is 11.8. The van der Waals surface area contributed by atoms with E-state index in [4.69, 9.17) is 15.0 Å². The van der Waals surface area contributed by atoms with Crippen LogP contribution in [0.1, 0.15) is 11.1 Å². The molecule has 0 N–H and O–H groups in total. The first-order valence-corrected chi connectivity index (χ1v) is 17.4. The summed E-state index contributed by atoms with van der Waals surface area (Å²) in [5.74, 6) is 1.72. The van der Waals surface area contributed by atoms with Gasteiger partial charge in [0.15, 0.2) is 18.8 Å². The van der Waals surface area contributed by atoms with E-state index in [0.29, 0.717) is 17.6 Å². The van der Waals surface area contributed by atoms with Crippen LogP contribution in [0.25, 0.3) is 50.5 Å². The van der Waals surface area contributed by atoms with Crippen molar-refractivity contribution >= 4 is 44.9 Å². The first-order chi connectivity index (χ1) is 23.0. The molecule has 226 valence electrons. The van der Waals surface area contributed by atoms with Crippen LogP contribution in [0.2, 0.25) is 0 Å². The summed E-state index contributed by atoms with van der Waals surface area (Å²) in [5.41, 5.74) is 5.73. The van der Waals surface area contributed by atoms with E-state index in [1.54, 1.807) is 0 Å². The minimum Gasteiger partial charge on any atom is -0.309 e. The third-order valence-electron chi connectivity index (χ3n) is 8.82. The Morgan fingerprint density at radius 2 is 0.979 bits per heavy atom. The van der Waals surface area contributed by atoms with E-state index >= 15 is 4.57 Å². The average molecular weight is 627 g/mol. The number of fused-ring (bicyclic) bond motifs is 3. The van der Waals surface area contributed by atoms with E-state index in [0.717, 1.165) is 60.0 Å². The highest BCUT2D eigenvalue weighted by Crippen LogP contribution is 2.45. The van der Waals surface area contributed by atoms with Crippen LogP contribution in [0.5, 0.6) is 0 Å². The second-order valence-corrected chi connectivity index (χ2v) is 14.4. The fourth-order valence-corrected chi connectivity index (χ4v) is 9.66. The van der Waals surface area contributed by atoms with Gasteiger partial charge < -0.3 is 4.57 Å². The maximum Gasteiger partial charge on any atom is 0.238 e. The van der Waals surface area contributed by atoms with Crippen molar-refractivity contribution in [2.45, 2.75) is 13.8 Å². The summed E-state index contributed by atoms with van der Waals surface area (Å²) >= 11 is 0. The Morgan fingerprint density at radius 1 is 0.489 bits per heavy atom. The van der Waals surface area contributed by atoms with Gasteiger partial charge >= 0.3 is 0 Å². The zero-order valence-corrected chi connectivity index (χ0v) is 27.0. The third kappa shape index (κ3) is 4.88. The summed E-state index contributed by atoms with van der Waals surface area (Å²) in [5, 5.41) is 4.53. The molecule has 0 amide bonds. The quantitative estimate of drug-likeness (QED) is 0.174. The molecule has 0 atom stereocenters. The summed E-state index contributed by atoms with van der Waals surface area (Å²) in [7, 11) is -3.24. The molecule has 0 aliphatic carbocycles. The number of aryl methyl sites for hydroxylation is 2. The summed E-state index contributed by atoms with van der Waals surface area (Å²) in [6.07, 6.45) is 0. The van der Waals surface area contributed by atoms with Gasteiger partial charge in [-0.1, -0.05) is 127 Å². The van der Waals surface area contributed by atoms with Crippen LogP contribution in [0, 0.1) is 13.8 Å². The van der Waals surface area contributed by atoms with Crippen molar-refractivity contribution in [1.29, 1.82) is 0 Å². The Kier molecular flexibility index (Phi) is 7.12. The Bertz CT molecular complexity index is 2360. The predicted molar refractivity (Wildman–Crippen MR) is 194 cm³/mol. The van der Waals surface area contributed by atoms with Crippen molar-refractivity contribution in [2.75, 3.05) is 0 Å². The monoisotopic (exact) mass is 626 g/mol. The van der Waals surface area contributed by atoms with Crippen LogP contribution < -0.4 is 15.9 Å². The lowest BCUT2D eigenvalue weighted by Gasteiger charge is -2.23. The Labute approximate surface area is 273 Å². The van der Waals surface area contributed by atoms with Gasteiger partial charge in [-0.25, -0.2) is 4.98 Å². The number of para-hydroxylation sites is 1. The Hall–Kier alpha value is -5.64. The molecule has 0 unspecified atom stereocenters.